The number of nitrogen functional groups attached to an aromatic ring is 1. The van der Waals surface area contributed by atoms with Crippen molar-refractivity contribution in [3.05, 3.63) is 35.5 Å². The van der Waals surface area contributed by atoms with Gasteiger partial charge in [0, 0.05) is 49.5 Å². The quantitative estimate of drug-likeness (QED) is 0.288. The molecular formula is C22H31F3N6O. The lowest BCUT2D eigenvalue weighted by atomic mass is 10.0. The van der Waals surface area contributed by atoms with Crippen LogP contribution in [0.2, 0.25) is 0 Å². The van der Waals surface area contributed by atoms with Crippen molar-refractivity contribution < 1.29 is 17.9 Å². The second-order valence-corrected chi connectivity index (χ2v) is 8.86. The highest BCUT2D eigenvalue weighted by molar-refractivity contribution is 6.15. The molecular weight excluding hydrogens is 421 g/mol. The minimum absolute atomic E-state index is 0.00416. The SMILES string of the molecule is C[C@@H]1CN(C(=N)/C=C(\N)C(=N)c2cc(OC3(C)CC3)ccc2N)CCN1CCC(F)(F)F. The van der Waals surface area contributed by atoms with Gasteiger partial charge in [-0.1, -0.05) is 0 Å². The lowest BCUT2D eigenvalue weighted by Crippen LogP contribution is -2.53. The van der Waals surface area contributed by atoms with Gasteiger partial charge in [-0.15, -0.1) is 0 Å². The molecule has 7 nitrogen and oxygen atoms in total. The lowest BCUT2D eigenvalue weighted by Gasteiger charge is -2.40. The van der Waals surface area contributed by atoms with Crippen LogP contribution in [-0.4, -0.2) is 65.3 Å². The number of benzene rings is 1. The number of nitrogens with two attached hydrogens (primary N) is 2. The molecule has 32 heavy (non-hydrogen) atoms. The van der Waals surface area contributed by atoms with Gasteiger partial charge in [0.05, 0.1) is 17.8 Å². The molecule has 0 bridgehead atoms. The number of allylic oxidation sites excluding steroid dienone is 1. The van der Waals surface area contributed by atoms with Crippen molar-refractivity contribution in [2.24, 2.45) is 5.73 Å². The van der Waals surface area contributed by atoms with Crippen LogP contribution >= 0.6 is 0 Å². The van der Waals surface area contributed by atoms with Crippen molar-refractivity contribution in [1.82, 2.24) is 9.80 Å². The van der Waals surface area contributed by atoms with E-state index < -0.39 is 12.6 Å². The van der Waals surface area contributed by atoms with E-state index in [0.29, 0.717) is 36.6 Å². The van der Waals surface area contributed by atoms with Crippen molar-refractivity contribution in [3.63, 3.8) is 0 Å². The van der Waals surface area contributed by atoms with Crippen molar-refractivity contribution in [2.75, 3.05) is 31.9 Å². The third-order valence-electron chi connectivity index (χ3n) is 5.98. The molecule has 1 aliphatic carbocycles. The van der Waals surface area contributed by atoms with Crippen LogP contribution in [0.4, 0.5) is 18.9 Å². The zero-order valence-corrected chi connectivity index (χ0v) is 18.4. The van der Waals surface area contributed by atoms with Crippen LogP contribution in [0.1, 0.15) is 38.7 Å². The van der Waals surface area contributed by atoms with Gasteiger partial charge in [0.2, 0.25) is 0 Å². The molecule has 1 aromatic rings. The van der Waals surface area contributed by atoms with Gasteiger partial charge in [0.15, 0.2) is 0 Å². The molecule has 2 fully saturated rings. The standard InChI is InChI=1S/C22H31F3N6O/c1-14-13-31(10-9-30(14)8-7-22(23,24)25)19(28)12-18(27)20(29)16-11-15(3-4-17(16)26)32-21(2)5-6-21/h3-4,11-12,14,28-29H,5-10,13,26-27H2,1-2H3/b18-12-,28-19?,29-20?/t14-/m1/s1. The number of nitrogens with one attached hydrogen (secondary N) is 2. The van der Waals surface area contributed by atoms with Crippen molar-refractivity contribution in [1.29, 1.82) is 10.8 Å². The molecule has 10 heteroatoms. The first kappa shape index (κ1) is 23.9. The number of nitrogens with zero attached hydrogens (tertiary/aromatic N) is 2. The molecule has 1 aliphatic heterocycles. The summed E-state index contributed by atoms with van der Waals surface area (Å²) in [5.74, 6) is 0.733. The van der Waals surface area contributed by atoms with E-state index in [4.69, 9.17) is 27.0 Å². The Labute approximate surface area is 186 Å². The average Bonchev–Trinajstić information content (AvgIpc) is 3.43. The van der Waals surface area contributed by atoms with E-state index in [9.17, 15) is 13.2 Å². The molecule has 1 saturated carbocycles. The molecule has 176 valence electrons. The molecule has 1 atom stereocenters. The fourth-order valence-electron chi connectivity index (χ4n) is 3.66. The molecule has 1 heterocycles. The second-order valence-electron chi connectivity index (χ2n) is 8.86. The molecule has 2 aliphatic rings. The summed E-state index contributed by atoms with van der Waals surface area (Å²) in [5, 5.41) is 16.8. The van der Waals surface area contributed by atoms with E-state index in [-0.39, 0.29) is 35.4 Å². The summed E-state index contributed by atoms with van der Waals surface area (Å²) in [6.45, 7) is 5.08. The Balaban J connectivity index is 1.62. The number of ether oxygens (including phenoxy) is 1. The molecule has 0 radical (unpaired) electrons. The van der Waals surface area contributed by atoms with Gasteiger partial charge in [0.25, 0.3) is 0 Å². The first-order chi connectivity index (χ1) is 14.9. The lowest BCUT2D eigenvalue weighted by molar-refractivity contribution is -0.139. The largest absolute Gasteiger partial charge is 0.488 e. The summed E-state index contributed by atoms with van der Waals surface area (Å²) in [7, 11) is 0. The van der Waals surface area contributed by atoms with Crippen LogP contribution in [0.15, 0.2) is 30.0 Å². The van der Waals surface area contributed by atoms with Gasteiger partial charge in [-0.2, -0.15) is 13.2 Å². The Morgan fingerprint density at radius 2 is 1.97 bits per heavy atom. The van der Waals surface area contributed by atoms with Crippen LogP contribution in [0.25, 0.3) is 0 Å². The Bertz CT molecular complexity index is 909. The Kier molecular flexibility index (Phi) is 6.73. The number of hydrogen-bond donors (Lipinski definition) is 4. The number of piperazine rings is 1. The van der Waals surface area contributed by atoms with E-state index in [0.717, 1.165) is 12.8 Å². The topological polar surface area (TPSA) is 115 Å². The number of rotatable bonds is 7. The summed E-state index contributed by atoms with van der Waals surface area (Å²) in [6, 6.07) is 4.99. The second kappa shape index (κ2) is 9.01. The van der Waals surface area contributed by atoms with E-state index in [1.807, 2.05) is 13.8 Å². The van der Waals surface area contributed by atoms with Crippen LogP contribution in [0, 0.1) is 10.8 Å². The maximum atomic E-state index is 12.5. The third-order valence-corrected chi connectivity index (χ3v) is 5.98. The van der Waals surface area contributed by atoms with Gasteiger partial charge in [0.1, 0.15) is 17.2 Å². The van der Waals surface area contributed by atoms with E-state index in [1.165, 1.54) is 6.08 Å². The first-order valence-electron chi connectivity index (χ1n) is 10.7. The Morgan fingerprint density at radius 3 is 2.56 bits per heavy atom. The fraction of sp³-hybridized carbons (Fsp3) is 0.545. The van der Waals surface area contributed by atoms with E-state index in [1.54, 1.807) is 28.0 Å². The highest BCUT2D eigenvalue weighted by Crippen LogP contribution is 2.40. The van der Waals surface area contributed by atoms with Crippen molar-refractivity contribution >= 4 is 17.2 Å². The maximum absolute atomic E-state index is 12.5. The summed E-state index contributed by atoms with van der Waals surface area (Å²) in [5.41, 5.74) is 12.9. The molecule has 0 amide bonds. The van der Waals surface area contributed by atoms with Crippen LogP contribution in [0.5, 0.6) is 5.75 Å². The maximum Gasteiger partial charge on any atom is 0.390 e. The Morgan fingerprint density at radius 1 is 1.28 bits per heavy atom. The molecule has 1 saturated heterocycles. The van der Waals surface area contributed by atoms with E-state index in [2.05, 4.69) is 0 Å². The molecule has 1 aromatic carbocycles. The van der Waals surface area contributed by atoms with Gasteiger partial charge < -0.3 is 21.1 Å². The van der Waals surface area contributed by atoms with Crippen molar-refractivity contribution in [2.45, 2.75) is 50.9 Å². The number of halogens is 3. The highest BCUT2D eigenvalue weighted by atomic mass is 19.4. The smallest absolute Gasteiger partial charge is 0.390 e. The number of alkyl halides is 3. The molecule has 0 spiro atoms. The van der Waals surface area contributed by atoms with Gasteiger partial charge in [-0.05, 0) is 44.9 Å². The average molecular weight is 453 g/mol. The van der Waals surface area contributed by atoms with Gasteiger partial charge in [-0.25, -0.2) is 0 Å². The minimum atomic E-state index is -4.18. The van der Waals surface area contributed by atoms with Gasteiger partial charge >= 0.3 is 6.18 Å². The molecule has 0 unspecified atom stereocenters. The van der Waals surface area contributed by atoms with Crippen LogP contribution in [-0.2, 0) is 0 Å². The summed E-state index contributed by atoms with van der Waals surface area (Å²) in [4.78, 5) is 3.53. The van der Waals surface area contributed by atoms with Crippen molar-refractivity contribution in [3.8, 4) is 5.75 Å². The third kappa shape index (κ3) is 6.15. The molecule has 3 rings (SSSR count). The number of hydrogen-bond acceptors (Lipinski definition) is 6. The number of anilines is 1. The summed E-state index contributed by atoms with van der Waals surface area (Å²) in [6.07, 6.45) is -1.67. The Hall–Kier alpha value is -2.75. The monoisotopic (exact) mass is 452 g/mol. The number of amidine groups is 1. The molecule has 6 N–H and O–H groups in total. The first-order valence-corrected chi connectivity index (χ1v) is 10.7. The van der Waals surface area contributed by atoms with Crippen LogP contribution < -0.4 is 16.2 Å². The predicted molar refractivity (Wildman–Crippen MR) is 119 cm³/mol. The predicted octanol–water partition coefficient (Wildman–Crippen LogP) is 3.35. The fourth-order valence-corrected chi connectivity index (χ4v) is 3.66. The summed E-state index contributed by atoms with van der Waals surface area (Å²) >= 11 is 0. The summed E-state index contributed by atoms with van der Waals surface area (Å²) < 4.78 is 43.5. The molecule has 0 aromatic heterocycles. The zero-order valence-electron chi connectivity index (χ0n) is 18.4. The van der Waals surface area contributed by atoms with Gasteiger partial charge in [-0.3, -0.25) is 15.7 Å². The van der Waals surface area contributed by atoms with Crippen LogP contribution in [0.3, 0.4) is 0 Å². The normalized spacial score (nSPS) is 21.3. The zero-order chi connectivity index (χ0) is 23.7. The van der Waals surface area contributed by atoms with E-state index >= 15 is 0 Å². The minimum Gasteiger partial charge on any atom is -0.488 e. The highest BCUT2D eigenvalue weighted by Gasteiger charge is 2.40.